The van der Waals surface area contributed by atoms with Gasteiger partial charge in [0.1, 0.15) is 0 Å². The van der Waals surface area contributed by atoms with Gasteiger partial charge in [0, 0.05) is 19.1 Å². The topological polar surface area (TPSA) is 29.3 Å². The minimum absolute atomic E-state index is 0.267. The summed E-state index contributed by atoms with van der Waals surface area (Å²) in [7, 11) is 0. The zero-order chi connectivity index (χ0) is 17.6. The highest BCUT2D eigenvalue weighted by Gasteiger charge is 2.58. The van der Waals surface area contributed by atoms with E-state index in [-0.39, 0.29) is 5.54 Å². The molecule has 26 heavy (non-hydrogen) atoms. The molecule has 2 nitrogen and oxygen atoms in total. The number of hydrogen-bond donors (Lipinski definition) is 1. The normalized spacial score (nSPS) is 25.0. The Hall–Kier alpha value is -2.42. The SMILES string of the molecule is NC1C2CN(C(c3ccccc3)(c3ccccc3)c3ccccc3)CC12. The van der Waals surface area contributed by atoms with Crippen LogP contribution in [0.25, 0.3) is 0 Å². The molecule has 0 amide bonds. The van der Waals surface area contributed by atoms with E-state index in [4.69, 9.17) is 5.73 Å². The number of fused-ring (bicyclic) bond motifs is 1. The molecule has 3 aromatic carbocycles. The Balaban J connectivity index is 1.75. The zero-order valence-electron chi connectivity index (χ0n) is 14.8. The first kappa shape index (κ1) is 15.8. The zero-order valence-corrected chi connectivity index (χ0v) is 14.8. The fraction of sp³-hybridized carbons (Fsp3) is 0.250. The summed E-state index contributed by atoms with van der Waals surface area (Å²) in [6, 6.07) is 33.2. The quantitative estimate of drug-likeness (QED) is 0.731. The molecule has 2 aliphatic rings. The van der Waals surface area contributed by atoms with Crippen LogP contribution >= 0.6 is 0 Å². The summed E-state index contributed by atoms with van der Waals surface area (Å²) in [5, 5.41) is 0. The summed E-state index contributed by atoms with van der Waals surface area (Å²) in [5.41, 5.74) is 9.98. The molecule has 0 aromatic heterocycles. The number of nitrogens with zero attached hydrogens (tertiary/aromatic N) is 1. The molecule has 2 heteroatoms. The van der Waals surface area contributed by atoms with Gasteiger partial charge >= 0.3 is 0 Å². The summed E-state index contributed by atoms with van der Waals surface area (Å²) in [5.74, 6) is 1.29. The lowest BCUT2D eigenvalue weighted by Gasteiger charge is -2.44. The van der Waals surface area contributed by atoms with Crippen LogP contribution < -0.4 is 5.73 Å². The molecule has 2 atom stereocenters. The van der Waals surface area contributed by atoms with Gasteiger partial charge in [0.2, 0.25) is 0 Å². The highest BCUT2D eigenvalue weighted by atomic mass is 15.3. The van der Waals surface area contributed by atoms with Gasteiger partial charge in [0.25, 0.3) is 0 Å². The van der Waals surface area contributed by atoms with Crippen LogP contribution in [0.2, 0.25) is 0 Å². The van der Waals surface area contributed by atoms with Crippen molar-refractivity contribution >= 4 is 0 Å². The Morgan fingerprint density at radius 3 is 1.31 bits per heavy atom. The van der Waals surface area contributed by atoms with Crippen LogP contribution in [0.4, 0.5) is 0 Å². The first-order valence-corrected chi connectivity index (χ1v) is 9.49. The van der Waals surface area contributed by atoms with Gasteiger partial charge in [-0.1, -0.05) is 91.0 Å². The molecule has 5 rings (SSSR count). The van der Waals surface area contributed by atoms with Crippen molar-refractivity contribution < 1.29 is 0 Å². The number of piperidine rings is 1. The van der Waals surface area contributed by atoms with Crippen molar-refractivity contribution in [1.29, 1.82) is 0 Å². The van der Waals surface area contributed by atoms with Crippen molar-refractivity contribution in [2.24, 2.45) is 17.6 Å². The Bertz CT molecular complexity index is 767. The number of benzene rings is 3. The summed E-state index contributed by atoms with van der Waals surface area (Å²) in [6.07, 6.45) is 0. The van der Waals surface area contributed by atoms with Crippen LogP contribution in [0.5, 0.6) is 0 Å². The van der Waals surface area contributed by atoms with Gasteiger partial charge < -0.3 is 5.73 Å². The molecule has 130 valence electrons. The number of rotatable bonds is 4. The summed E-state index contributed by atoms with van der Waals surface area (Å²) in [4.78, 5) is 2.66. The standard InChI is InChI=1S/C24H24N2/c25-23-21-16-26(17-22(21)23)24(18-10-4-1-5-11-18,19-12-6-2-7-13-19)20-14-8-3-9-15-20/h1-15,21-23H,16-17,25H2. The van der Waals surface area contributed by atoms with Crippen molar-refractivity contribution in [2.75, 3.05) is 13.1 Å². The van der Waals surface area contributed by atoms with Crippen LogP contribution in [0, 0.1) is 11.8 Å². The van der Waals surface area contributed by atoms with E-state index in [1.807, 2.05) is 0 Å². The molecule has 1 saturated carbocycles. The third kappa shape index (κ3) is 2.26. The maximum atomic E-state index is 6.27. The van der Waals surface area contributed by atoms with E-state index in [1.165, 1.54) is 16.7 Å². The number of nitrogens with two attached hydrogens (primary N) is 1. The molecule has 1 aliphatic heterocycles. The van der Waals surface area contributed by atoms with Gasteiger partial charge in [0.15, 0.2) is 0 Å². The smallest absolute Gasteiger partial charge is 0.0973 e. The lowest BCUT2D eigenvalue weighted by atomic mass is 9.75. The molecular weight excluding hydrogens is 316 g/mol. The molecule has 2 unspecified atom stereocenters. The predicted octanol–water partition coefficient (Wildman–Crippen LogP) is 3.87. The van der Waals surface area contributed by atoms with Crippen molar-refractivity contribution in [3.63, 3.8) is 0 Å². The van der Waals surface area contributed by atoms with E-state index in [0.717, 1.165) is 13.1 Å². The van der Waals surface area contributed by atoms with Gasteiger partial charge in [0.05, 0.1) is 5.54 Å². The minimum Gasteiger partial charge on any atom is -0.327 e. The second kappa shape index (κ2) is 6.08. The fourth-order valence-corrected chi connectivity index (χ4v) is 4.93. The highest BCUT2D eigenvalue weighted by molar-refractivity contribution is 5.50. The molecule has 0 radical (unpaired) electrons. The third-order valence-electron chi connectivity index (χ3n) is 6.31. The number of likely N-dealkylation sites (tertiary alicyclic amines) is 1. The summed E-state index contributed by atoms with van der Waals surface area (Å²) in [6.45, 7) is 2.12. The molecule has 1 aliphatic carbocycles. The van der Waals surface area contributed by atoms with E-state index in [2.05, 4.69) is 95.9 Å². The fourth-order valence-electron chi connectivity index (χ4n) is 4.93. The largest absolute Gasteiger partial charge is 0.327 e. The van der Waals surface area contributed by atoms with Crippen molar-refractivity contribution in [3.05, 3.63) is 108 Å². The molecule has 1 saturated heterocycles. The van der Waals surface area contributed by atoms with Crippen molar-refractivity contribution in [1.82, 2.24) is 4.90 Å². The van der Waals surface area contributed by atoms with E-state index in [9.17, 15) is 0 Å². The molecule has 2 N–H and O–H groups in total. The molecule has 0 bridgehead atoms. The third-order valence-corrected chi connectivity index (χ3v) is 6.31. The van der Waals surface area contributed by atoms with E-state index in [1.54, 1.807) is 0 Å². The summed E-state index contributed by atoms with van der Waals surface area (Å²) >= 11 is 0. The summed E-state index contributed by atoms with van der Waals surface area (Å²) < 4.78 is 0. The lowest BCUT2D eigenvalue weighted by Crippen LogP contribution is -2.49. The van der Waals surface area contributed by atoms with E-state index < -0.39 is 0 Å². The average Bonchev–Trinajstić information content (AvgIpc) is 3.11. The van der Waals surface area contributed by atoms with Crippen LogP contribution in [0.1, 0.15) is 16.7 Å². The van der Waals surface area contributed by atoms with Crippen molar-refractivity contribution in [2.45, 2.75) is 11.6 Å². The molecular formula is C24H24N2. The first-order valence-electron chi connectivity index (χ1n) is 9.49. The molecule has 3 aromatic rings. The van der Waals surface area contributed by atoms with Gasteiger partial charge in [-0.3, -0.25) is 4.90 Å². The Morgan fingerprint density at radius 2 is 0.962 bits per heavy atom. The van der Waals surface area contributed by atoms with Gasteiger partial charge in [-0.05, 0) is 28.5 Å². The van der Waals surface area contributed by atoms with Crippen LogP contribution in [-0.2, 0) is 5.54 Å². The second-order valence-electron chi connectivity index (χ2n) is 7.62. The van der Waals surface area contributed by atoms with Crippen molar-refractivity contribution in [3.8, 4) is 0 Å². The van der Waals surface area contributed by atoms with Crippen LogP contribution in [0.3, 0.4) is 0 Å². The monoisotopic (exact) mass is 340 g/mol. The Kier molecular flexibility index (Phi) is 3.70. The van der Waals surface area contributed by atoms with Gasteiger partial charge in [-0.15, -0.1) is 0 Å². The first-order chi connectivity index (χ1) is 12.8. The van der Waals surface area contributed by atoms with Crippen LogP contribution in [0.15, 0.2) is 91.0 Å². The van der Waals surface area contributed by atoms with E-state index in [0.29, 0.717) is 17.9 Å². The Morgan fingerprint density at radius 1 is 0.615 bits per heavy atom. The predicted molar refractivity (Wildman–Crippen MR) is 106 cm³/mol. The molecule has 0 spiro atoms. The van der Waals surface area contributed by atoms with E-state index >= 15 is 0 Å². The van der Waals surface area contributed by atoms with Crippen LogP contribution in [-0.4, -0.2) is 24.0 Å². The lowest BCUT2D eigenvalue weighted by molar-refractivity contribution is 0.174. The number of hydrogen-bond acceptors (Lipinski definition) is 2. The minimum atomic E-state index is -0.267. The van der Waals surface area contributed by atoms with Gasteiger partial charge in [-0.25, -0.2) is 0 Å². The maximum Gasteiger partial charge on any atom is 0.0973 e. The molecule has 2 fully saturated rings. The average molecular weight is 340 g/mol. The maximum absolute atomic E-state index is 6.27. The Labute approximate surface area is 155 Å². The van der Waals surface area contributed by atoms with Gasteiger partial charge in [-0.2, -0.15) is 0 Å². The second-order valence-corrected chi connectivity index (χ2v) is 7.62. The highest BCUT2D eigenvalue weighted by Crippen LogP contribution is 2.52. The molecule has 1 heterocycles.